The molecule has 2 rings (SSSR count). The summed E-state index contributed by atoms with van der Waals surface area (Å²) >= 11 is 4.56. The van der Waals surface area contributed by atoms with Gasteiger partial charge in [0.25, 0.3) is 0 Å². The lowest BCUT2D eigenvalue weighted by Crippen LogP contribution is -1.95. The molecule has 0 saturated carbocycles. The van der Waals surface area contributed by atoms with Gasteiger partial charge in [0.1, 0.15) is 17.7 Å². The van der Waals surface area contributed by atoms with Crippen molar-refractivity contribution in [2.75, 3.05) is 18.8 Å². The third kappa shape index (κ3) is 2.83. The van der Waals surface area contributed by atoms with E-state index in [0.717, 1.165) is 20.3 Å². The largest absolute Gasteiger partial charge is 0.290 e. The van der Waals surface area contributed by atoms with Gasteiger partial charge < -0.3 is 0 Å². The SMILES string of the molecule is CSC1=C(SC)c2cc(SC)cc(=O)cc2C1=C(C#N)C#N. The van der Waals surface area contributed by atoms with Crippen LogP contribution in [0.2, 0.25) is 0 Å². The normalized spacial score (nSPS) is 12.7. The minimum absolute atomic E-state index is 0.0472. The van der Waals surface area contributed by atoms with Crippen molar-refractivity contribution in [3.63, 3.8) is 0 Å². The van der Waals surface area contributed by atoms with Crippen LogP contribution in [0.3, 0.4) is 0 Å². The molecule has 0 amide bonds. The molecule has 0 saturated heterocycles. The number of allylic oxidation sites excluding steroid dienone is 2. The second-order valence-corrected chi connectivity index (χ2v) is 6.82. The zero-order valence-corrected chi connectivity index (χ0v) is 14.7. The molecule has 0 unspecified atom stereocenters. The standard InChI is InChI=1S/C16H12N2OS3/c1-20-11-4-10(19)5-12-13(6-11)15(21-2)16(22-3)14(12)9(7-17)8-18/h4-6H,1-3H3. The van der Waals surface area contributed by atoms with Crippen LogP contribution in [0.4, 0.5) is 0 Å². The zero-order chi connectivity index (χ0) is 16.3. The monoisotopic (exact) mass is 344 g/mol. The maximum atomic E-state index is 12.1. The lowest BCUT2D eigenvalue weighted by atomic mass is 10.0. The molecule has 3 nitrogen and oxygen atoms in total. The Morgan fingerprint density at radius 2 is 1.55 bits per heavy atom. The molecule has 0 bridgehead atoms. The summed E-state index contributed by atoms with van der Waals surface area (Å²) in [6.45, 7) is 0. The van der Waals surface area contributed by atoms with E-state index in [0.29, 0.717) is 11.1 Å². The Morgan fingerprint density at radius 1 is 0.909 bits per heavy atom. The molecule has 0 radical (unpaired) electrons. The highest BCUT2D eigenvalue weighted by molar-refractivity contribution is 8.10. The van der Waals surface area contributed by atoms with Crippen molar-refractivity contribution in [1.82, 2.24) is 0 Å². The van der Waals surface area contributed by atoms with E-state index < -0.39 is 0 Å². The van der Waals surface area contributed by atoms with Crippen LogP contribution in [0.25, 0.3) is 10.5 Å². The minimum atomic E-state index is -0.124. The summed E-state index contributed by atoms with van der Waals surface area (Å²) in [6, 6.07) is 8.98. The molecule has 1 aliphatic carbocycles. The van der Waals surface area contributed by atoms with Gasteiger partial charge in [0.15, 0.2) is 5.43 Å². The highest BCUT2D eigenvalue weighted by Gasteiger charge is 2.28. The molecule has 1 aromatic carbocycles. The minimum Gasteiger partial charge on any atom is -0.290 e. The molecule has 0 aromatic heterocycles. The van der Waals surface area contributed by atoms with Gasteiger partial charge in [0.05, 0.1) is 0 Å². The van der Waals surface area contributed by atoms with Gasteiger partial charge in [0.2, 0.25) is 0 Å². The fourth-order valence-corrected chi connectivity index (χ4v) is 4.67. The molecule has 0 spiro atoms. The van der Waals surface area contributed by atoms with Crippen LogP contribution in [0, 0.1) is 22.7 Å². The van der Waals surface area contributed by atoms with E-state index in [1.807, 2.05) is 37.0 Å². The van der Waals surface area contributed by atoms with Crippen LogP contribution in [-0.2, 0) is 0 Å². The van der Waals surface area contributed by atoms with Crippen molar-refractivity contribution in [1.29, 1.82) is 10.5 Å². The van der Waals surface area contributed by atoms with E-state index in [1.54, 1.807) is 17.8 Å². The molecule has 22 heavy (non-hydrogen) atoms. The van der Waals surface area contributed by atoms with Crippen molar-refractivity contribution in [2.24, 2.45) is 0 Å². The lowest BCUT2D eigenvalue weighted by molar-refractivity contribution is 1.46. The van der Waals surface area contributed by atoms with E-state index in [9.17, 15) is 15.3 Å². The van der Waals surface area contributed by atoms with Crippen molar-refractivity contribution in [3.05, 3.63) is 50.0 Å². The Balaban J connectivity index is 3.00. The van der Waals surface area contributed by atoms with E-state index in [2.05, 4.69) is 0 Å². The van der Waals surface area contributed by atoms with Crippen molar-refractivity contribution in [2.45, 2.75) is 4.90 Å². The third-order valence-electron chi connectivity index (χ3n) is 3.21. The topological polar surface area (TPSA) is 64.7 Å². The third-order valence-corrected chi connectivity index (χ3v) is 5.70. The first-order valence-corrected chi connectivity index (χ1v) is 9.89. The van der Waals surface area contributed by atoms with E-state index >= 15 is 0 Å². The maximum Gasteiger partial charge on any atom is 0.180 e. The van der Waals surface area contributed by atoms with Gasteiger partial charge in [-0.2, -0.15) is 10.5 Å². The Hall–Kier alpha value is -1.60. The number of hydrogen-bond donors (Lipinski definition) is 0. The average Bonchev–Trinajstić information content (AvgIpc) is 2.69. The van der Waals surface area contributed by atoms with Crippen LogP contribution in [-0.4, -0.2) is 18.8 Å². The number of fused-ring (bicyclic) bond motifs is 1. The number of hydrogen-bond acceptors (Lipinski definition) is 6. The van der Waals surface area contributed by atoms with Gasteiger partial charge in [-0.3, -0.25) is 4.79 Å². The summed E-state index contributed by atoms with van der Waals surface area (Å²) in [5.41, 5.74) is 2.10. The molecule has 0 heterocycles. The fraction of sp³-hybridized carbons (Fsp3) is 0.188. The predicted octanol–water partition coefficient (Wildman–Crippen LogP) is 3.98. The van der Waals surface area contributed by atoms with Gasteiger partial charge in [0, 0.05) is 20.3 Å². The van der Waals surface area contributed by atoms with Crippen LogP contribution in [0.15, 0.2) is 38.4 Å². The molecule has 0 N–H and O–H groups in total. The molecule has 0 fully saturated rings. The highest BCUT2D eigenvalue weighted by Crippen LogP contribution is 2.50. The fourth-order valence-electron chi connectivity index (χ4n) is 2.32. The lowest BCUT2D eigenvalue weighted by Gasteiger charge is -2.04. The summed E-state index contributed by atoms with van der Waals surface area (Å²) in [4.78, 5) is 14.9. The second kappa shape index (κ2) is 7.11. The number of thioether (sulfide) groups is 3. The molecule has 1 aromatic rings. The molecule has 110 valence electrons. The van der Waals surface area contributed by atoms with E-state index in [4.69, 9.17) is 0 Å². The second-order valence-electron chi connectivity index (χ2n) is 4.31. The Morgan fingerprint density at radius 3 is 2.05 bits per heavy atom. The number of nitrogens with zero attached hydrogens (tertiary/aromatic N) is 2. The van der Waals surface area contributed by atoms with Gasteiger partial charge in [-0.1, -0.05) is 0 Å². The van der Waals surface area contributed by atoms with Crippen molar-refractivity contribution >= 4 is 45.8 Å². The highest BCUT2D eigenvalue weighted by atomic mass is 32.2. The van der Waals surface area contributed by atoms with Crippen molar-refractivity contribution < 1.29 is 0 Å². The first-order valence-electron chi connectivity index (χ1n) is 6.22. The van der Waals surface area contributed by atoms with Crippen molar-refractivity contribution in [3.8, 4) is 12.1 Å². The molecular weight excluding hydrogens is 332 g/mol. The quantitative estimate of drug-likeness (QED) is 0.610. The number of rotatable bonds is 3. The molecule has 0 atom stereocenters. The summed E-state index contributed by atoms with van der Waals surface area (Å²) in [7, 11) is 0. The number of nitriles is 2. The van der Waals surface area contributed by atoms with Crippen LogP contribution in [0.1, 0.15) is 11.1 Å². The van der Waals surface area contributed by atoms with E-state index in [1.165, 1.54) is 29.6 Å². The summed E-state index contributed by atoms with van der Waals surface area (Å²) in [5.74, 6) is 0. The smallest absolute Gasteiger partial charge is 0.180 e. The summed E-state index contributed by atoms with van der Waals surface area (Å²) in [5, 5.41) is 18.5. The van der Waals surface area contributed by atoms with Gasteiger partial charge in [-0.25, -0.2) is 0 Å². The zero-order valence-electron chi connectivity index (χ0n) is 12.3. The summed E-state index contributed by atoms with van der Waals surface area (Å²) < 4.78 is 0. The van der Waals surface area contributed by atoms with E-state index in [-0.39, 0.29) is 11.0 Å². The first-order chi connectivity index (χ1) is 10.6. The Bertz CT molecular complexity index is 826. The predicted molar refractivity (Wildman–Crippen MR) is 96.6 cm³/mol. The molecule has 0 aliphatic heterocycles. The Kier molecular flexibility index (Phi) is 5.42. The average molecular weight is 344 g/mol. The van der Waals surface area contributed by atoms with Gasteiger partial charge in [-0.05, 0) is 48.1 Å². The van der Waals surface area contributed by atoms with Crippen LogP contribution < -0.4 is 5.43 Å². The van der Waals surface area contributed by atoms with Crippen LogP contribution in [0.5, 0.6) is 0 Å². The Labute approximate surface area is 142 Å². The van der Waals surface area contributed by atoms with Crippen LogP contribution >= 0.6 is 35.3 Å². The molecule has 1 aliphatic rings. The molecular formula is C16H12N2OS3. The first kappa shape index (κ1) is 16.8. The molecule has 6 heteroatoms. The van der Waals surface area contributed by atoms with Gasteiger partial charge >= 0.3 is 0 Å². The summed E-state index contributed by atoms with van der Waals surface area (Å²) in [6.07, 6.45) is 5.79. The maximum absolute atomic E-state index is 12.1. The van der Waals surface area contributed by atoms with Gasteiger partial charge in [-0.15, -0.1) is 35.3 Å².